The summed E-state index contributed by atoms with van der Waals surface area (Å²) < 4.78 is 0. The van der Waals surface area contributed by atoms with E-state index in [1.54, 1.807) is 18.3 Å². The van der Waals surface area contributed by atoms with E-state index in [4.69, 9.17) is 0 Å². The molecule has 1 rings (SSSR count). The second-order valence-corrected chi connectivity index (χ2v) is 2.73. The number of rotatable bonds is 4. The van der Waals surface area contributed by atoms with E-state index in [1.165, 1.54) is 7.05 Å². The summed E-state index contributed by atoms with van der Waals surface area (Å²) in [5, 5.41) is 14.5. The quantitative estimate of drug-likeness (QED) is 0.611. The van der Waals surface area contributed by atoms with Crippen LogP contribution in [0.2, 0.25) is 0 Å². The van der Waals surface area contributed by atoms with Gasteiger partial charge < -0.3 is 15.7 Å². The lowest BCUT2D eigenvalue weighted by molar-refractivity contribution is -0.128. The molecule has 1 heterocycles. The fourth-order valence-electron chi connectivity index (χ4n) is 0.928. The minimum absolute atomic E-state index is 0.149. The number of nitrogens with one attached hydrogen (secondary N) is 2. The lowest BCUT2D eigenvalue weighted by Crippen LogP contribution is -2.36. The highest BCUT2D eigenvalue weighted by molar-refractivity contribution is 5.80. The normalized spacial score (nSPS) is 11.9. The molecule has 1 atom stereocenters. The van der Waals surface area contributed by atoms with Crippen LogP contribution in [0.25, 0.3) is 0 Å². The van der Waals surface area contributed by atoms with Crippen molar-refractivity contribution in [2.24, 2.45) is 0 Å². The molecule has 76 valence electrons. The number of aromatic nitrogens is 1. The van der Waals surface area contributed by atoms with E-state index in [2.05, 4.69) is 15.6 Å². The number of aliphatic hydroxyl groups excluding tert-OH is 1. The Morgan fingerprint density at radius 1 is 1.64 bits per heavy atom. The van der Waals surface area contributed by atoms with Gasteiger partial charge in [-0.05, 0) is 12.1 Å². The molecule has 0 spiro atoms. The summed E-state index contributed by atoms with van der Waals surface area (Å²) in [6.45, 7) is 0.149. The van der Waals surface area contributed by atoms with Crippen molar-refractivity contribution >= 4 is 11.7 Å². The summed E-state index contributed by atoms with van der Waals surface area (Å²) in [5.74, 6) is 0.226. The van der Waals surface area contributed by atoms with E-state index in [0.29, 0.717) is 5.82 Å². The number of carbonyl (C=O) groups excluding carboxylic acids is 1. The van der Waals surface area contributed by atoms with Gasteiger partial charge in [-0.25, -0.2) is 4.98 Å². The van der Waals surface area contributed by atoms with Crippen molar-refractivity contribution in [1.29, 1.82) is 0 Å². The number of carbonyl (C=O) groups is 1. The van der Waals surface area contributed by atoms with Crippen LogP contribution in [-0.2, 0) is 4.79 Å². The van der Waals surface area contributed by atoms with E-state index >= 15 is 0 Å². The number of nitrogens with zero attached hydrogens (tertiary/aromatic N) is 1. The van der Waals surface area contributed by atoms with Crippen molar-refractivity contribution in [1.82, 2.24) is 10.3 Å². The molecule has 14 heavy (non-hydrogen) atoms. The van der Waals surface area contributed by atoms with Gasteiger partial charge in [0.2, 0.25) is 5.91 Å². The average molecular weight is 195 g/mol. The van der Waals surface area contributed by atoms with E-state index in [1.807, 2.05) is 6.07 Å². The molecule has 5 nitrogen and oxygen atoms in total. The summed E-state index contributed by atoms with van der Waals surface area (Å²) in [6.07, 6.45) is 0.580. The molecule has 0 aliphatic heterocycles. The molecule has 1 aromatic rings. The Morgan fingerprint density at radius 2 is 2.43 bits per heavy atom. The first-order valence-corrected chi connectivity index (χ1v) is 4.28. The van der Waals surface area contributed by atoms with Gasteiger partial charge in [0.25, 0.3) is 0 Å². The van der Waals surface area contributed by atoms with Gasteiger partial charge >= 0.3 is 0 Å². The van der Waals surface area contributed by atoms with Crippen LogP contribution in [0.15, 0.2) is 24.4 Å². The third-order valence-electron chi connectivity index (χ3n) is 1.69. The van der Waals surface area contributed by atoms with Crippen molar-refractivity contribution in [3.63, 3.8) is 0 Å². The lowest BCUT2D eigenvalue weighted by atomic mass is 10.3. The Labute approximate surface area is 82.2 Å². The molecular formula is C9H13N3O2. The maximum absolute atomic E-state index is 10.9. The van der Waals surface area contributed by atoms with Gasteiger partial charge in [0.05, 0.1) is 6.54 Å². The summed E-state index contributed by atoms with van der Waals surface area (Å²) >= 11 is 0. The van der Waals surface area contributed by atoms with E-state index < -0.39 is 12.0 Å². The third kappa shape index (κ3) is 3.02. The highest BCUT2D eigenvalue weighted by atomic mass is 16.3. The van der Waals surface area contributed by atoms with Gasteiger partial charge in [0, 0.05) is 13.2 Å². The third-order valence-corrected chi connectivity index (χ3v) is 1.69. The maximum atomic E-state index is 10.9. The predicted molar refractivity (Wildman–Crippen MR) is 52.8 cm³/mol. The first kappa shape index (κ1) is 10.5. The van der Waals surface area contributed by atoms with E-state index in [9.17, 15) is 9.90 Å². The number of likely N-dealkylation sites (N-methyl/N-ethyl adjacent to an activating group) is 1. The van der Waals surface area contributed by atoms with Gasteiger partial charge in [-0.2, -0.15) is 0 Å². The van der Waals surface area contributed by atoms with Crippen LogP contribution < -0.4 is 10.6 Å². The molecular weight excluding hydrogens is 182 g/mol. The van der Waals surface area contributed by atoms with E-state index in [0.717, 1.165) is 0 Å². The Kier molecular flexibility index (Phi) is 3.87. The van der Waals surface area contributed by atoms with Crippen LogP contribution >= 0.6 is 0 Å². The zero-order valence-corrected chi connectivity index (χ0v) is 7.90. The Balaban J connectivity index is 2.38. The van der Waals surface area contributed by atoms with Gasteiger partial charge in [0.1, 0.15) is 11.9 Å². The molecule has 0 aliphatic carbocycles. The van der Waals surface area contributed by atoms with Crippen molar-refractivity contribution in [2.45, 2.75) is 6.10 Å². The molecule has 5 heteroatoms. The summed E-state index contributed by atoms with van der Waals surface area (Å²) in [4.78, 5) is 14.9. The van der Waals surface area contributed by atoms with Crippen LogP contribution in [0.3, 0.4) is 0 Å². The average Bonchev–Trinajstić information content (AvgIpc) is 2.26. The van der Waals surface area contributed by atoms with Crippen molar-refractivity contribution in [3.05, 3.63) is 24.4 Å². The standard InChI is InChI=1S/C9H13N3O2/c1-10-9(14)7(13)6-12-8-4-2-3-5-11-8/h2-5,7,13H,6H2,1H3,(H,10,14)(H,11,12). The fourth-order valence-corrected chi connectivity index (χ4v) is 0.928. The Bertz CT molecular complexity index is 289. The highest BCUT2D eigenvalue weighted by Crippen LogP contribution is 1.99. The minimum atomic E-state index is -1.05. The first-order chi connectivity index (χ1) is 6.74. The highest BCUT2D eigenvalue weighted by Gasteiger charge is 2.11. The number of amides is 1. The molecule has 1 amide bonds. The largest absolute Gasteiger partial charge is 0.381 e. The number of aliphatic hydroxyl groups is 1. The van der Waals surface area contributed by atoms with Crippen molar-refractivity contribution < 1.29 is 9.90 Å². The summed E-state index contributed by atoms with van der Waals surface area (Å²) in [5.41, 5.74) is 0. The number of hydrogen-bond donors (Lipinski definition) is 3. The van der Waals surface area contributed by atoms with Crippen LogP contribution in [-0.4, -0.2) is 35.7 Å². The molecule has 0 aliphatic rings. The maximum Gasteiger partial charge on any atom is 0.250 e. The molecule has 0 bridgehead atoms. The minimum Gasteiger partial charge on any atom is -0.381 e. The lowest BCUT2D eigenvalue weighted by Gasteiger charge is -2.10. The van der Waals surface area contributed by atoms with Crippen LogP contribution in [0.4, 0.5) is 5.82 Å². The van der Waals surface area contributed by atoms with E-state index in [-0.39, 0.29) is 6.54 Å². The molecule has 0 aromatic carbocycles. The number of hydrogen-bond acceptors (Lipinski definition) is 4. The molecule has 0 fully saturated rings. The molecule has 0 saturated heterocycles. The second kappa shape index (κ2) is 5.18. The topological polar surface area (TPSA) is 74.2 Å². The molecule has 1 aromatic heterocycles. The molecule has 0 radical (unpaired) electrons. The monoisotopic (exact) mass is 195 g/mol. The smallest absolute Gasteiger partial charge is 0.250 e. The van der Waals surface area contributed by atoms with Gasteiger partial charge in [0.15, 0.2) is 0 Å². The first-order valence-electron chi connectivity index (χ1n) is 4.28. The van der Waals surface area contributed by atoms with Gasteiger partial charge in [-0.1, -0.05) is 6.07 Å². The van der Waals surface area contributed by atoms with Crippen molar-refractivity contribution in [2.75, 3.05) is 18.9 Å². The summed E-state index contributed by atoms with van der Waals surface area (Å²) in [6, 6.07) is 5.37. The SMILES string of the molecule is CNC(=O)C(O)CNc1ccccn1. The molecule has 1 unspecified atom stereocenters. The molecule has 0 saturated carbocycles. The Morgan fingerprint density at radius 3 is 3.00 bits per heavy atom. The predicted octanol–water partition coefficient (Wildman–Crippen LogP) is -0.400. The van der Waals surface area contributed by atoms with Gasteiger partial charge in [-0.3, -0.25) is 4.79 Å². The van der Waals surface area contributed by atoms with Crippen molar-refractivity contribution in [3.8, 4) is 0 Å². The van der Waals surface area contributed by atoms with Crippen LogP contribution in [0.5, 0.6) is 0 Å². The zero-order chi connectivity index (χ0) is 10.4. The fraction of sp³-hybridized carbons (Fsp3) is 0.333. The number of pyridine rings is 1. The zero-order valence-electron chi connectivity index (χ0n) is 7.90. The van der Waals surface area contributed by atoms with Crippen LogP contribution in [0.1, 0.15) is 0 Å². The molecule has 3 N–H and O–H groups in total. The second-order valence-electron chi connectivity index (χ2n) is 2.73. The van der Waals surface area contributed by atoms with Crippen LogP contribution in [0, 0.1) is 0 Å². The summed E-state index contributed by atoms with van der Waals surface area (Å²) in [7, 11) is 1.48. The number of anilines is 1. The Hall–Kier alpha value is -1.62. The van der Waals surface area contributed by atoms with Gasteiger partial charge in [-0.15, -0.1) is 0 Å².